The molecule has 0 spiro atoms. The minimum absolute atomic E-state index is 0. The number of benzene rings is 1. The number of hydrogen-bond donors (Lipinski definition) is 0. The van der Waals surface area contributed by atoms with Gasteiger partial charge in [-0.3, -0.25) is 0 Å². The van der Waals surface area contributed by atoms with Crippen LogP contribution >= 0.6 is 0 Å². The molecule has 0 N–H and O–H groups in total. The van der Waals surface area contributed by atoms with E-state index in [-0.39, 0.29) is 67.6 Å². The summed E-state index contributed by atoms with van der Waals surface area (Å²) in [6.45, 7) is 31.3. The van der Waals surface area contributed by atoms with Gasteiger partial charge in [-0.2, -0.15) is 4.90 Å². The summed E-state index contributed by atoms with van der Waals surface area (Å²) in [5.41, 5.74) is 4.34. The van der Waals surface area contributed by atoms with E-state index in [1.807, 2.05) is 0 Å². The molecule has 8 nitrogen and oxygen atoms in total. The molecule has 3 saturated heterocycles. The summed E-state index contributed by atoms with van der Waals surface area (Å²) in [6.07, 6.45) is 5.11. The Balaban J connectivity index is 0.000000699. The third-order valence-corrected chi connectivity index (χ3v) is 7.90. The Hall–Kier alpha value is 0.756. The summed E-state index contributed by atoms with van der Waals surface area (Å²) in [7, 11) is 0. The van der Waals surface area contributed by atoms with Crippen LogP contribution in [0, 0.1) is 0 Å². The zero-order valence-electron chi connectivity index (χ0n) is 32.5. The van der Waals surface area contributed by atoms with Gasteiger partial charge in [0.05, 0.1) is 79.3 Å². The molecule has 0 atom stereocenters. The van der Waals surface area contributed by atoms with Crippen LogP contribution in [0.4, 0.5) is 0 Å². The first-order valence-corrected chi connectivity index (χ1v) is 18.1. The van der Waals surface area contributed by atoms with Crippen molar-refractivity contribution in [1.82, 2.24) is 0 Å². The van der Waals surface area contributed by atoms with Gasteiger partial charge in [-0.05, 0) is 47.5 Å². The van der Waals surface area contributed by atoms with Crippen LogP contribution in [0.5, 0.6) is 0 Å². The molecule has 276 valence electrons. The van der Waals surface area contributed by atoms with Crippen molar-refractivity contribution in [1.29, 1.82) is 0 Å². The maximum Gasteiger partial charge on any atom is 1.00 e. The summed E-state index contributed by atoms with van der Waals surface area (Å²) in [5, 5.41) is 0. The Morgan fingerprint density at radius 2 is 0.583 bits per heavy atom. The molecule has 48 heavy (non-hydrogen) atoms. The van der Waals surface area contributed by atoms with E-state index >= 15 is 0 Å². The molecule has 0 saturated carbocycles. The Morgan fingerprint density at radius 1 is 0.375 bits per heavy atom. The van der Waals surface area contributed by atoms with Gasteiger partial charge < -0.3 is 50.5 Å². The molecule has 0 aromatic heterocycles. The van der Waals surface area contributed by atoms with Gasteiger partial charge in [0.25, 0.3) is 0 Å². The van der Waals surface area contributed by atoms with Crippen LogP contribution in [0.1, 0.15) is 105 Å². The normalized spacial score (nSPS) is 19.4. The molecule has 10 heteroatoms. The maximum atomic E-state index is 5.77. The fourth-order valence-electron chi connectivity index (χ4n) is 4.52. The van der Waals surface area contributed by atoms with Crippen LogP contribution in [0.15, 0.2) is 17.0 Å². The average molecular weight is 725 g/mol. The second kappa shape index (κ2) is 28.3. The monoisotopic (exact) mass is 724 g/mol. The molecule has 1 aromatic carbocycles. The van der Waals surface area contributed by atoms with Gasteiger partial charge in [0.15, 0.2) is 0 Å². The second-order valence-corrected chi connectivity index (χ2v) is 15.4. The molecular weight excluding hydrogens is 656 g/mol. The zero-order valence-corrected chi connectivity index (χ0v) is 36.4. The molecule has 0 radical (unpaired) electrons. The van der Waals surface area contributed by atoms with E-state index in [1.165, 1.54) is 42.4 Å². The minimum atomic E-state index is 0. The van der Waals surface area contributed by atoms with E-state index in [9.17, 15) is 0 Å². The fourth-order valence-corrected chi connectivity index (χ4v) is 5.25. The molecular formula is C38H69KO8S. The van der Waals surface area contributed by atoms with E-state index < -0.39 is 0 Å². The molecule has 0 aliphatic carbocycles. The first-order chi connectivity index (χ1) is 22.2. The summed E-state index contributed by atoms with van der Waals surface area (Å²) in [5.74, 6) is 0. The fraction of sp³-hybridized carbons (Fsp3) is 0.842. The van der Waals surface area contributed by atoms with Crippen molar-refractivity contribution in [2.75, 3.05) is 106 Å². The van der Waals surface area contributed by atoms with Crippen molar-refractivity contribution in [2.24, 2.45) is 0 Å². The van der Waals surface area contributed by atoms with E-state index in [0.717, 1.165) is 31.3 Å². The standard InChI is InChI=1S/C18H30S.C12H24O6.2C4H8O.K/c1-16(2,3)12-10-13(17(4,5)6)15(19)14(11-12)18(7,8)9;1-2-14-5-6-16-9-10-18-12-11-17-8-7-15-4-3-13-1;2*1-2-4-5-3-1;/h10-11,19H,1-9H3;1-12H2;2*1-4H2;/q;;;;+1/p-1. The molecule has 0 unspecified atom stereocenters. The van der Waals surface area contributed by atoms with Crippen molar-refractivity contribution in [3.63, 3.8) is 0 Å². The van der Waals surface area contributed by atoms with Gasteiger partial charge in [-0.25, -0.2) is 0 Å². The zero-order chi connectivity index (χ0) is 35.0. The second-order valence-electron chi connectivity index (χ2n) is 15.0. The first kappa shape index (κ1) is 48.8. The van der Waals surface area contributed by atoms with E-state index in [0.29, 0.717) is 79.3 Å². The van der Waals surface area contributed by atoms with Gasteiger partial charge in [-0.15, -0.1) is 0 Å². The molecule has 4 rings (SSSR count). The Kier molecular flexibility index (Phi) is 28.7. The van der Waals surface area contributed by atoms with Crippen molar-refractivity contribution in [2.45, 2.75) is 109 Å². The predicted octanol–water partition coefficient (Wildman–Crippen LogP) is 4.18. The predicted molar refractivity (Wildman–Crippen MR) is 193 cm³/mol. The van der Waals surface area contributed by atoms with Gasteiger partial charge in [0.2, 0.25) is 0 Å². The third kappa shape index (κ3) is 24.9. The molecule has 3 aliphatic rings. The summed E-state index contributed by atoms with van der Waals surface area (Å²) < 4.78 is 41.9. The molecule has 1 aromatic rings. The van der Waals surface area contributed by atoms with Crippen molar-refractivity contribution < 1.29 is 89.3 Å². The minimum Gasteiger partial charge on any atom is -0.779 e. The number of hydrogen-bond acceptors (Lipinski definition) is 9. The summed E-state index contributed by atoms with van der Waals surface area (Å²) in [6, 6.07) is 4.63. The van der Waals surface area contributed by atoms with Crippen molar-refractivity contribution in [3.05, 3.63) is 28.8 Å². The maximum absolute atomic E-state index is 5.77. The smallest absolute Gasteiger partial charge is 0.779 e. The Morgan fingerprint density at radius 3 is 0.729 bits per heavy atom. The molecule has 3 aliphatic heterocycles. The number of ether oxygens (including phenoxy) is 8. The molecule has 0 bridgehead atoms. The summed E-state index contributed by atoms with van der Waals surface area (Å²) in [4.78, 5) is 1.05. The van der Waals surface area contributed by atoms with Gasteiger partial charge in [0.1, 0.15) is 0 Å². The third-order valence-electron chi connectivity index (χ3n) is 7.46. The molecule has 3 fully saturated rings. The molecule has 0 amide bonds. The van der Waals surface area contributed by atoms with Gasteiger partial charge >= 0.3 is 51.4 Å². The largest absolute Gasteiger partial charge is 1.00 e. The van der Waals surface area contributed by atoms with E-state index in [2.05, 4.69) is 74.4 Å². The van der Waals surface area contributed by atoms with Gasteiger partial charge in [0, 0.05) is 26.4 Å². The van der Waals surface area contributed by atoms with Crippen LogP contribution in [0.2, 0.25) is 0 Å². The van der Waals surface area contributed by atoms with Gasteiger partial charge in [-0.1, -0.05) is 85.6 Å². The first-order valence-electron chi connectivity index (χ1n) is 17.7. The quantitative estimate of drug-likeness (QED) is 0.290. The van der Waals surface area contributed by atoms with Crippen LogP contribution in [-0.4, -0.2) is 106 Å². The summed E-state index contributed by atoms with van der Waals surface area (Å²) >= 11 is 5.77. The van der Waals surface area contributed by atoms with E-state index in [4.69, 9.17) is 50.5 Å². The van der Waals surface area contributed by atoms with E-state index in [1.54, 1.807) is 0 Å². The molecule has 3 heterocycles. The van der Waals surface area contributed by atoms with Crippen LogP contribution in [0.3, 0.4) is 0 Å². The van der Waals surface area contributed by atoms with Crippen LogP contribution < -0.4 is 51.4 Å². The SMILES string of the molecule is C1CCOC1.C1CCOC1.C1COCCOCCOCCOCCOCCO1.CC(C)(C)c1cc(C(C)(C)C)c([S-])c(C(C)(C)C)c1.[K+]. The topological polar surface area (TPSA) is 73.8 Å². The van der Waals surface area contributed by atoms with Crippen molar-refractivity contribution in [3.8, 4) is 0 Å². The Labute approximate surface area is 342 Å². The average Bonchev–Trinajstić information content (AvgIpc) is 3.76. The number of rotatable bonds is 0. The van der Waals surface area contributed by atoms with Crippen LogP contribution in [-0.2, 0) is 66.8 Å². The van der Waals surface area contributed by atoms with Crippen LogP contribution in [0.25, 0.3) is 0 Å². The van der Waals surface area contributed by atoms with Crippen molar-refractivity contribution >= 4 is 12.6 Å². The Bertz CT molecular complexity index is 768.